The number of rotatable bonds is 2. The third kappa shape index (κ3) is 3.52. The van der Waals surface area contributed by atoms with Gasteiger partial charge in [0, 0.05) is 8.07 Å². The quantitative estimate of drug-likeness (QED) is 0.408. The molecule has 1 fully saturated rings. The van der Waals surface area contributed by atoms with Crippen molar-refractivity contribution in [1.82, 2.24) is 0 Å². The van der Waals surface area contributed by atoms with Crippen LogP contribution >= 0.6 is 0 Å². The van der Waals surface area contributed by atoms with Crippen LogP contribution in [0.15, 0.2) is 11.6 Å². The molecule has 52 valence electrons. The minimum atomic E-state index is -0.756. The van der Waals surface area contributed by atoms with Crippen molar-refractivity contribution in [3.8, 4) is 0 Å². The van der Waals surface area contributed by atoms with Crippen LogP contribution < -0.4 is 0 Å². The van der Waals surface area contributed by atoms with Gasteiger partial charge in [0.05, 0.1) is 0 Å². The molecule has 9 heavy (non-hydrogen) atoms. The smallest absolute Gasteiger partial charge is 0.0480 e. The molecule has 0 spiro atoms. The fourth-order valence-corrected chi connectivity index (χ4v) is 1.63. The molecule has 0 aromatic rings. The third-order valence-corrected chi connectivity index (χ3v) is 2.97. The zero-order valence-electron chi connectivity index (χ0n) is 6.70. The Balaban J connectivity index is 2.25. The van der Waals surface area contributed by atoms with E-state index in [0.717, 1.165) is 0 Å². The number of hydrogen-bond donors (Lipinski definition) is 0. The highest BCUT2D eigenvalue weighted by Gasteiger charge is 2.14. The summed E-state index contributed by atoms with van der Waals surface area (Å²) in [5.41, 5.74) is 1.71. The molecular weight excluding hydrogens is 124 g/mol. The van der Waals surface area contributed by atoms with E-state index < -0.39 is 8.07 Å². The summed E-state index contributed by atoms with van der Waals surface area (Å²) in [5.74, 6) is 0. The van der Waals surface area contributed by atoms with E-state index in [1.165, 1.54) is 18.9 Å². The Kier molecular flexibility index (Phi) is 1.80. The Labute approximate surface area is 59.0 Å². The van der Waals surface area contributed by atoms with Gasteiger partial charge in [-0.3, -0.25) is 0 Å². The van der Waals surface area contributed by atoms with Gasteiger partial charge in [0.1, 0.15) is 0 Å². The molecule has 0 nitrogen and oxygen atoms in total. The van der Waals surface area contributed by atoms with E-state index in [-0.39, 0.29) is 0 Å². The Morgan fingerprint density at radius 2 is 1.89 bits per heavy atom. The van der Waals surface area contributed by atoms with Crippen LogP contribution in [-0.2, 0) is 0 Å². The zero-order chi connectivity index (χ0) is 6.91. The first kappa shape index (κ1) is 7.07. The average molecular weight is 140 g/mol. The topological polar surface area (TPSA) is 0 Å². The van der Waals surface area contributed by atoms with E-state index in [1.807, 2.05) is 0 Å². The maximum Gasteiger partial charge on any atom is 0.0480 e. The zero-order valence-corrected chi connectivity index (χ0v) is 7.70. The van der Waals surface area contributed by atoms with Crippen molar-refractivity contribution in [1.29, 1.82) is 0 Å². The summed E-state index contributed by atoms with van der Waals surface area (Å²) in [4.78, 5) is 0. The molecule has 0 atom stereocenters. The summed E-state index contributed by atoms with van der Waals surface area (Å²) in [6.45, 7) is 7.27. The summed E-state index contributed by atoms with van der Waals surface area (Å²) in [6, 6.07) is 1.39. The molecule has 0 amide bonds. The van der Waals surface area contributed by atoms with Gasteiger partial charge < -0.3 is 0 Å². The van der Waals surface area contributed by atoms with Gasteiger partial charge >= 0.3 is 0 Å². The van der Waals surface area contributed by atoms with Crippen molar-refractivity contribution < 1.29 is 0 Å². The molecule has 0 saturated heterocycles. The molecule has 1 saturated carbocycles. The molecule has 1 heteroatoms. The van der Waals surface area contributed by atoms with Crippen LogP contribution in [0.3, 0.4) is 0 Å². The van der Waals surface area contributed by atoms with Crippen LogP contribution in [0.1, 0.15) is 12.8 Å². The van der Waals surface area contributed by atoms with Crippen LogP contribution in [0.5, 0.6) is 0 Å². The van der Waals surface area contributed by atoms with Crippen LogP contribution in [0.25, 0.3) is 0 Å². The predicted molar refractivity (Wildman–Crippen MR) is 45.5 cm³/mol. The van der Waals surface area contributed by atoms with Gasteiger partial charge in [-0.1, -0.05) is 31.3 Å². The van der Waals surface area contributed by atoms with Gasteiger partial charge in [-0.2, -0.15) is 0 Å². The maximum absolute atomic E-state index is 2.46. The van der Waals surface area contributed by atoms with E-state index in [2.05, 4.69) is 25.7 Å². The molecule has 1 aliphatic carbocycles. The molecule has 0 N–H and O–H groups in total. The summed E-state index contributed by atoms with van der Waals surface area (Å²) in [6.07, 6.45) is 5.25. The standard InChI is InChI=1S/C8H16Si/c1-9(2,3)7-6-8-4-5-8/h6H,4-5,7H2,1-3H3. The predicted octanol–water partition coefficient (Wildman–Crippen LogP) is 3.04. The number of hydrogen-bond acceptors (Lipinski definition) is 0. The van der Waals surface area contributed by atoms with Gasteiger partial charge in [0.15, 0.2) is 0 Å². The molecule has 0 aliphatic heterocycles. The minimum absolute atomic E-state index is 0.756. The lowest BCUT2D eigenvalue weighted by Crippen LogP contribution is -2.17. The van der Waals surface area contributed by atoms with Crippen molar-refractivity contribution in [2.75, 3.05) is 0 Å². The molecule has 0 unspecified atom stereocenters. The SMILES string of the molecule is C[Si](C)(C)CC=C1CC1. The first-order valence-corrected chi connectivity index (χ1v) is 7.46. The largest absolute Gasteiger partial charge is 0.0880 e. The third-order valence-electron chi connectivity index (χ3n) is 1.54. The Morgan fingerprint density at radius 3 is 2.22 bits per heavy atom. The molecular formula is C8H16Si. The molecule has 0 aromatic carbocycles. The first-order chi connectivity index (χ1) is 4.08. The van der Waals surface area contributed by atoms with Gasteiger partial charge in [-0.15, -0.1) is 0 Å². The second kappa shape index (κ2) is 2.29. The Morgan fingerprint density at radius 1 is 1.33 bits per heavy atom. The monoisotopic (exact) mass is 140 g/mol. The van der Waals surface area contributed by atoms with E-state index in [1.54, 1.807) is 5.57 Å². The van der Waals surface area contributed by atoms with Crippen LogP contribution in [0, 0.1) is 0 Å². The highest BCUT2D eigenvalue weighted by molar-refractivity contribution is 6.76. The lowest BCUT2D eigenvalue weighted by molar-refractivity contribution is 1.49. The van der Waals surface area contributed by atoms with Gasteiger partial charge in [0.2, 0.25) is 0 Å². The summed E-state index contributed by atoms with van der Waals surface area (Å²) in [7, 11) is -0.756. The van der Waals surface area contributed by atoms with E-state index >= 15 is 0 Å². The highest BCUT2D eigenvalue weighted by Crippen LogP contribution is 2.29. The first-order valence-electron chi connectivity index (χ1n) is 3.76. The van der Waals surface area contributed by atoms with Gasteiger partial charge in [-0.05, 0) is 18.9 Å². The normalized spacial score (nSPS) is 17.9. The lowest BCUT2D eigenvalue weighted by Gasteiger charge is -2.11. The van der Waals surface area contributed by atoms with Crippen molar-refractivity contribution in [2.24, 2.45) is 0 Å². The highest BCUT2D eigenvalue weighted by atomic mass is 28.3. The molecule has 1 aliphatic rings. The van der Waals surface area contributed by atoms with Crippen LogP contribution in [0.4, 0.5) is 0 Å². The van der Waals surface area contributed by atoms with Crippen molar-refractivity contribution in [3.05, 3.63) is 11.6 Å². The van der Waals surface area contributed by atoms with Gasteiger partial charge in [-0.25, -0.2) is 0 Å². The van der Waals surface area contributed by atoms with Crippen molar-refractivity contribution in [2.45, 2.75) is 38.5 Å². The summed E-state index contributed by atoms with van der Waals surface area (Å²) >= 11 is 0. The summed E-state index contributed by atoms with van der Waals surface area (Å²) < 4.78 is 0. The summed E-state index contributed by atoms with van der Waals surface area (Å²) in [5, 5.41) is 0. The van der Waals surface area contributed by atoms with Crippen molar-refractivity contribution in [3.63, 3.8) is 0 Å². The van der Waals surface area contributed by atoms with Crippen LogP contribution in [0.2, 0.25) is 25.7 Å². The fraction of sp³-hybridized carbons (Fsp3) is 0.750. The molecule has 0 heterocycles. The minimum Gasteiger partial charge on any atom is -0.0880 e. The van der Waals surface area contributed by atoms with E-state index in [9.17, 15) is 0 Å². The lowest BCUT2D eigenvalue weighted by atomic mass is 10.5. The van der Waals surface area contributed by atoms with Crippen molar-refractivity contribution >= 4 is 8.07 Å². The fourth-order valence-electron chi connectivity index (χ4n) is 0.727. The Hall–Kier alpha value is -0.0431. The molecule has 0 bridgehead atoms. The molecule has 0 radical (unpaired) electrons. The van der Waals surface area contributed by atoms with Crippen LogP contribution in [-0.4, -0.2) is 8.07 Å². The number of allylic oxidation sites excluding steroid dienone is 2. The Bertz CT molecular complexity index is 122. The van der Waals surface area contributed by atoms with E-state index in [4.69, 9.17) is 0 Å². The second-order valence-electron chi connectivity index (χ2n) is 4.13. The molecule has 1 rings (SSSR count). The second-order valence-corrected chi connectivity index (χ2v) is 9.66. The van der Waals surface area contributed by atoms with E-state index in [0.29, 0.717) is 0 Å². The average Bonchev–Trinajstić information content (AvgIpc) is 2.38. The molecule has 0 aromatic heterocycles. The van der Waals surface area contributed by atoms with Gasteiger partial charge in [0.25, 0.3) is 0 Å². The maximum atomic E-state index is 2.46.